The molecule has 4 nitrogen and oxygen atoms in total. The van der Waals surface area contributed by atoms with E-state index >= 15 is 0 Å². The van der Waals surface area contributed by atoms with Crippen LogP contribution in [0.5, 0.6) is 0 Å². The number of likely N-dealkylation sites (tertiary alicyclic amines) is 1. The molecule has 1 saturated carbocycles. The Morgan fingerprint density at radius 1 is 1.33 bits per heavy atom. The van der Waals surface area contributed by atoms with Crippen LogP contribution in [0.4, 0.5) is 11.4 Å². The predicted molar refractivity (Wildman–Crippen MR) is 75.0 cm³/mol. The lowest BCUT2D eigenvalue weighted by atomic mass is 10.2. The zero-order valence-corrected chi connectivity index (χ0v) is 10.7. The molecular weight excluding hydrogens is 224 g/mol. The van der Waals surface area contributed by atoms with Crippen LogP contribution in [0, 0.1) is 11.8 Å². The van der Waals surface area contributed by atoms with Gasteiger partial charge in [0.05, 0.1) is 17.2 Å². The number of hydrogen-bond donors (Lipinski definition) is 3. The van der Waals surface area contributed by atoms with Crippen molar-refractivity contribution in [3.8, 4) is 0 Å². The summed E-state index contributed by atoms with van der Waals surface area (Å²) < 4.78 is 0. The Hall–Kier alpha value is -1.68. The van der Waals surface area contributed by atoms with Gasteiger partial charge in [0.1, 0.15) is 0 Å². The molecule has 96 valence electrons. The Kier molecular flexibility index (Phi) is 2.67. The van der Waals surface area contributed by atoms with Crippen molar-refractivity contribution in [2.24, 2.45) is 11.8 Å². The first-order valence-corrected chi connectivity index (χ1v) is 6.43. The lowest BCUT2D eigenvalue weighted by Gasteiger charge is -2.25. The molecule has 1 aromatic carbocycles. The molecule has 1 heterocycles. The maximum atomic E-state index is 5.92. The molecule has 0 spiro atoms. The molecule has 0 radical (unpaired) electrons. The van der Waals surface area contributed by atoms with Crippen LogP contribution in [0.2, 0.25) is 0 Å². The number of nitrogens with two attached hydrogens (primary N) is 1. The van der Waals surface area contributed by atoms with Gasteiger partial charge in [0, 0.05) is 19.1 Å². The van der Waals surface area contributed by atoms with Gasteiger partial charge in [-0.2, -0.15) is 0 Å². The van der Waals surface area contributed by atoms with Crippen molar-refractivity contribution >= 4 is 11.4 Å². The van der Waals surface area contributed by atoms with Gasteiger partial charge in [0.15, 0.2) is 0 Å². The molecule has 2 fully saturated rings. The number of benzene rings is 1. The Balaban J connectivity index is 1.59. The van der Waals surface area contributed by atoms with Gasteiger partial charge in [0.2, 0.25) is 0 Å². The fourth-order valence-electron chi connectivity index (χ4n) is 3.02. The molecule has 1 aromatic rings. The molecule has 0 unspecified atom stereocenters. The van der Waals surface area contributed by atoms with Crippen molar-refractivity contribution in [2.75, 3.05) is 31.2 Å². The zero-order valence-electron chi connectivity index (χ0n) is 10.7. The summed E-state index contributed by atoms with van der Waals surface area (Å²) in [6.07, 6.45) is 0. The third-order valence-electron chi connectivity index (χ3n) is 4.15. The predicted octanol–water partition coefficient (Wildman–Crippen LogP) is 1.30. The molecule has 2 aliphatic rings. The molecule has 1 aliphatic heterocycles. The Labute approximate surface area is 108 Å². The molecule has 0 aromatic heterocycles. The highest BCUT2D eigenvalue weighted by Crippen LogP contribution is 2.46. The smallest absolute Gasteiger partial charge is 0.0984 e. The van der Waals surface area contributed by atoms with E-state index in [0.29, 0.717) is 0 Å². The molecule has 3 atom stereocenters. The minimum absolute atomic E-state index is 0.718. The highest BCUT2D eigenvalue weighted by Gasteiger charge is 2.55. The summed E-state index contributed by atoms with van der Waals surface area (Å²) in [6.45, 7) is 6.30. The van der Waals surface area contributed by atoms with Crippen LogP contribution in [0.25, 0.3) is 0 Å². The summed E-state index contributed by atoms with van der Waals surface area (Å²) >= 11 is 0. The van der Waals surface area contributed by atoms with Crippen molar-refractivity contribution < 1.29 is 0 Å². The van der Waals surface area contributed by atoms with E-state index in [2.05, 4.69) is 22.1 Å². The van der Waals surface area contributed by atoms with Gasteiger partial charge in [-0.15, -0.1) is 0 Å². The van der Waals surface area contributed by atoms with Crippen LogP contribution in [-0.2, 0) is 0 Å². The molecule has 0 bridgehead atoms. The number of nitrogens with zero attached hydrogens (tertiary/aromatic N) is 1. The summed E-state index contributed by atoms with van der Waals surface area (Å²) in [4.78, 5) is 2.32. The van der Waals surface area contributed by atoms with E-state index in [9.17, 15) is 0 Å². The molecule has 1 aliphatic carbocycles. The second-order valence-electron chi connectivity index (χ2n) is 5.21. The monoisotopic (exact) mass is 244 g/mol. The van der Waals surface area contributed by atoms with E-state index in [1.54, 1.807) is 0 Å². The van der Waals surface area contributed by atoms with Gasteiger partial charge < -0.3 is 21.3 Å². The average molecular weight is 244 g/mol. The van der Waals surface area contributed by atoms with Crippen molar-refractivity contribution in [1.82, 2.24) is 10.2 Å². The number of nitrogen functional groups attached to an aromatic ring is 1. The standard InChI is InChI=1S/C14H20N4/c1-9(17-13-6-4-3-5-12(13)15)18-7-10-11(8-18)14(10)16-2/h3-6,10-11,14,16-17H,1,7-8,15H2,2H3/t10-,11+,14+. The minimum Gasteiger partial charge on any atom is -0.397 e. The van der Waals surface area contributed by atoms with Crippen LogP contribution in [0.15, 0.2) is 36.7 Å². The third kappa shape index (κ3) is 1.82. The molecule has 1 saturated heterocycles. The van der Waals surface area contributed by atoms with Crippen LogP contribution >= 0.6 is 0 Å². The molecule has 3 rings (SSSR count). The first kappa shape index (κ1) is 11.4. The molecule has 4 heteroatoms. The van der Waals surface area contributed by atoms with Crippen molar-refractivity contribution in [3.05, 3.63) is 36.7 Å². The largest absolute Gasteiger partial charge is 0.397 e. The van der Waals surface area contributed by atoms with Gasteiger partial charge in [-0.1, -0.05) is 18.7 Å². The van der Waals surface area contributed by atoms with E-state index in [4.69, 9.17) is 5.73 Å². The van der Waals surface area contributed by atoms with Crippen LogP contribution in [0.1, 0.15) is 0 Å². The van der Waals surface area contributed by atoms with E-state index < -0.39 is 0 Å². The summed E-state index contributed by atoms with van der Waals surface area (Å²) in [5, 5.41) is 6.67. The van der Waals surface area contributed by atoms with Crippen molar-refractivity contribution in [1.29, 1.82) is 0 Å². The van der Waals surface area contributed by atoms with Crippen molar-refractivity contribution in [3.63, 3.8) is 0 Å². The molecule has 18 heavy (non-hydrogen) atoms. The second kappa shape index (κ2) is 4.21. The Morgan fingerprint density at radius 2 is 2.00 bits per heavy atom. The second-order valence-corrected chi connectivity index (χ2v) is 5.21. The maximum absolute atomic E-state index is 5.92. The van der Waals surface area contributed by atoms with E-state index in [1.807, 2.05) is 31.3 Å². The quantitative estimate of drug-likeness (QED) is 0.699. The Bertz CT molecular complexity index is 459. The summed E-state index contributed by atoms with van der Waals surface area (Å²) in [6, 6.07) is 8.51. The van der Waals surface area contributed by atoms with Crippen LogP contribution in [-0.4, -0.2) is 31.1 Å². The maximum Gasteiger partial charge on any atom is 0.0984 e. The topological polar surface area (TPSA) is 53.3 Å². The highest BCUT2D eigenvalue weighted by molar-refractivity contribution is 5.67. The number of rotatable bonds is 4. The number of fused-ring (bicyclic) bond motifs is 1. The lowest BCUT2D eigenvalue weighted by molar-refractivity contribution is 0.367. The average Bonchev–Trinajstić information content (AvgIpc) is 2.83. The van der Waals surface area contributed by atoms with Crippen LogP contribution < -0.4 is 16.4 Å². The summed E-state index contributed by atoms with van der Waals surface area (Å²) in [7, 11) is 2.05. The third-order valence-corrected chi connectivity index (χ3v) is 4.15. The number of hydrogen-bond acceptors (Lipinski definition) is 4. The van der Waals surface area contributed by atoms with E-state index in [0.717, 1.165) is 48.2 Å². The first-order chi connectivity index (χ1) is 8.70. The highest BCUT2D eigenvalue weighted by atomic mass is 15.3. The number of anilines is 2. The summed E-state index contributed by atoms with van der Waals surface area (Å²) in [5.41, 5.74) is 7.61. The number of piperidine rings is 1. The first-order valence-electron chi connectivity index (χ1n) is 6.43. The van der Waals surface area contributed by atoms with Crippen LogP contribution in [0.3, 0.4) is 0 Å². The van der Waals surface area contributed by atoms with Gasteiger partial charge >= 0.3 is 0 Å². The Morgan fingerprint density at radius 3 is 2.61 bits per heavy atom. The molecule has 0 amide bonds. The van der Waals surface area contributed by atoms with E-state index in [1.165, 1.54) is 0 Å². The minimum atomic E-state index is 0.718. The normalized spacial score (nSPS) is 28.9. The zero-order chi connectivity index (χ0) is 12.7. The molecule has 4 N–H and O–H groups in total. The number of para-hydroxylation sites is 2. The number of nitrogens with one attached hydrogen (secondary N) is 2. The van der Waals surface area contributed by atoms with E-state index in [-0.39, 0.29) is 0 Å². The molecular formula is C14H20N4. The van der Waals surface area contributed by atoms with Gasteiger partial charge in [-0.3, -0.25) is 0 Å². The fraction of sp³-hybridized carbons (Fsp3) is 0.429. The lowest BCUT2D eigenvalue weighted by Crippen LogP contribution is -2.31. The summed E-state index contributed by atoms with van der Waals surface area (Å²) in [5.74, 6) is 2.54. The van der Waals surface area contributed by atoms with Crippen molar-refractivity contribution in [2.45, 2.75) is 6.04 Å². The fourth-order valence-corrected chi connectivity index (χ4v) is 3.02. The SMILES string of the molecule is C=C(Nc1ccccc1N)N1C[C@@H]2[C@H](C1)[C@H]2NC. The van der Waals surface area contributed by atoms with Gasteiger partial charge in [-0.05, 0) is 31.0 Å². The van der Waals surface area contributed by atoms with Gasteiger partial charge in [-0.25, -0.2) is 0 Å². The van der Waals surface area contributed by atoms with Gasteiger partial charge in [0.25, 0.3) is 0 Å².